The van der Waals surface area contributed by atoms with Gasteiger partial charge in [0.2, 0.25) is 0 Å². The van der Waals surface area contributed by atoms with Gasteiger partial charge in [-0.05, 0) is 19.8 Å². The molecule has 3 nitrogen and oxygen atoms in total. The van der Waals surface area contributed by atoms with Gasteiger partial charge >= 0.3 is 0 Å². The molecule has 0 spiro atoms. The van der Waals surface area contributed by atoms with E-state index in [2.05, 4.69) is 4.98 Å². The molecule has 0 bridgehead atoms. The highest BCUT2D eigenvalue weighted by Gasteiger charge is 2.20. The maximum Gasteiger partial charge on any atom is 0.0897 e. The van der Waals surface area contributed by atoms with E-state index in [1.165, 1.54) is 24.1 Å². The Labute approximate surface area is 101 Å². The molecule has 2 unspecified atom stereocenters. The first-order chi connectivity index (χ1) is 7.75. The third kappa shape index (κ3) is 3.27. The quantitative estimate of drug-likeness (QED) is 0.826. The van der Waals surface area contributed by atoms with Crippen LogP contribution in [0, 0.1) is 6.92 Å². The van der Waals surface area contributed by atoms with E-state index in [4.69, 9.17) is 10.5 Å². The van der Waals surface area contributed by atoms with Crippen molar-refractivity contribution in [1.29, 1.82) is 0 Å². The first-order valence-electron chi connectivity index (χ1n) is 6.04. The van der Waals surface area contributed by atoms with Crippen molar-refractivity contribution >= 4 is 11.3 Å². The Morgan fingerprint density at radius 1 is 1.44 bits per heavy atom. The van der Waals surface area contributed by atoms with Gasteiger partial charge in [-0.2, -0.15) is 0 Å². The molecule has 2 N–H and O–H groups in total. The Balaban J connectivity index is 1.83. The molecular formula is C12H20N2OS. The zero-order valence-corrected chi connectivity index (χ0v) is 10.6. The first kappa shape index (κ1) is 12.0. The van der Waals surface area contributed by atoms with Crippen molar-refractivity contribution in [2.75, 3.05) is 0 Å². The van der Waals surface area contributed by atoms with Gasteiger partial charge in [0.25, 0.3) is 0 Å². The molecule has 1 aliphatic carbocycles. The summed E-state index contributed by atoms with van der Waals surface area (Å²) in [6.45, 7) is 2.69. The van der Waals surface area contributed by atoms with Crippen molar-refractivity contribution in [3.8, 4) is 0 Å². The minimum absolute atomic E-state index is 0.219. The van der Waals surface area contributed by atoms with Crippen molar-refractivity contribution in [2.45, 2.75) is 57.8 Å². The average Bonchev–Trinajstić information content (AvgIpc) is 2.56. The Bertz CT molecular complexity index is 327. The molecule has 0 aromatic carbocycles. The largest absolute Gasteiger partial charge is 0.371 e. The van der Waals surface area contributed by atoms with Crippen molar-refractivity contribution in [2.24, 2.45) is 5.73 Å². The minimum atomic E-state index is 0.219. The number of aromatic nitrogens is 1. The Morgan fingerprint density at radius 3 is 3.00 bits per heavy atom. The summed E-state index contributed by atoms with van der Waals surface area (Å²) in [4.78, 5) is 5.43. The number of nitrogens with zero attached hydrogens (tertiary/aromatic N) is 1. The molecular weight excluding hydrogens is 220 g/mol. The van der Waals surface area contributed by atoms with E-state index in [1.54, 1.807) is 11.3 Å². The number of aryl methyl sites for hydroxylation is 1. The summed E-state index contributed by atoms with van der Waals surface area (Å²) >= 11 is 1.71. The second kappa shape index (κ2) is 5.75. The van der Waals surface area contributed by atoms with Crippen molar-refractivity contribution in [1.82, 2.24) is 4.98 Å². The van der Waals surface area contributed by atoms with Gasteiger partial charge in [0, 0.05) is 12.2 Å². The fourth-order valence-electron chi connectivity index (χ4n) is 2.17. The molecule has 2 atom stereocenters. The number of thiazole rings is 1. The molecule has 1 saturated carbocycles. The number of nitrogens with two attached hydrogens (primary N) is 1. The van der Waals surface area contributed by atoms with Crippen LogP contribution in [-0.4, -0.2) is 17.1 Å². The smallest absolute Gasteiger partial charge is 0.0897 e. The van der Waals surface area contributed by atoms with Crippen LogP contribution in [0.3, 0.4) is 0 Å². The van der Waals surface area contributed by atoms with Gasteiger partial charge in [0.15, 0.2) is 0 Å². The van der Waals surface area contributed by atoms with Crippen LogP contribution in [0.5, 0.6) is 0 Å². The van der Waals surface area contributed by atoms with E-state index in [0.717, 1.165) is 17.8 Å². The van der Waals surface area contributed by atoms with E-state index in [0.29, 0.717) is 6.61 Å². The van der Waals surface area contributed by atoms with Gasteiger partial charge in [0.05, 0.1) is 22.6 Å². The zero-order chi connectivity index (χ0) is 11.4. The van der Waals surface area contributed by atoms with Crippen LogP contribution in [-0.2, 0) is 11.3 Å². The Kier molecular flexibility index (Phi) is 4.32. The fraction of sp³-hybridized carbons (Fsp3) is 0.750. The molecule has 1 aromatic rings. The van der Waals surface area contributed by atoms with Crippen LogP contribution in [0.1, 0.15) is 42.0 Å². The highest BCUT2D eigenvalue weighted by molar-refractivity contribution is 7.11. The van der Waals surface area contributed by atoms with E-state index >= 15 is 0 Å². The number of rotatable bonds is 3. The summed E-state index contributed by atoms with van der Waals surface area (Å²) in [5.74, 6) is 0. The summed E-state index contributed by atoms with van der Waals surface area (Å²) in [7, 11) is 0. The second-order valence-corrected chi connectivity index (χ2v) is 5.82. The van der Waals surface area contributed by atoms with Crippen LogP contribution >= 0.6 is 11.3 Å². The topological polar surface area (TPSA) is 48.1 Å². The van der Waals surface area contributed by atoms with Gasteiger partial charge in [-0.25, -0.2) is 4.98 Å². The van der Waals surface area contributed by atoms with E-state index in [-0.39, 0.29) is 12.1 Å². The van der Waals surface area contributed by atoms with Crippen LogP contribution in [0.15, 0.2) is 6.20 Å². The molecule has 90 valence electrons. The third-order valence-electron chi connectivity index (χ3n) is 3.11. The predicted octanol–water partition coefficient (Wildman–Crippen LogP) is 2.63. The molecule has 16 heavy (non-hydrogen) atoms. The van der Waals surface area contributed by atoms with Crippen molar-refractivity contribution in [3.63, 3.8) is 0 Å². The van der Waals surface area contributed by atoms with Crippen LogP contribution in [0.2, 0.25) is 0 Å². The number of ether oxygens (including phenoxy) is 1. The lowest BCUT2D eigenvalue weighted by molar-refractivity contribution is 0.0207. The lowest BCUT2D eigenvalue weighted by Gasteiger charge is -2.21. The molecule has 0 saturated heterocycles. The van der Waals surface area contributed by atoms with Gasteiger partial charge in [-0.1, -0.05) is 19.3 Å². The van der Waals surface area contributed by atoms with E-state index in [1.807, 2.05) is 13.1 Å². The normalized spacial score (nSPS) is 26.6. The molecule has 1 heterocycles. The monoisotopic (exact) mass is 240 g/mol. The molecule has 1 aromatic heterocycles. The van der Waals surface area contributed by atoms with Crippen molar-refractivity contribution in [3.05, 3.63) is 16.1 Å². The Morgan fingerprint density at radius 2 is 2.25 bits per heavy atom. The molecule has 0 radical (unpaired) electrons. The van der Waals surface area contributed by atoms with Crippen LogP contribution in [0.25, 0.3) is 0 Å². The van der Waals surface area contributed by atoms with E-state index in [9.17, 15) is 0 Å². The molecule has 1 aliphatic rings. The SMILES string of the molecule is Cc1ncc(COC2CCCCCC2N)s1. The van der Waals surface area contributed by atoms with Gasteiger partial charge in [-0.3, -0.25) is 0 Å². The number of hydrogen-bond acceptors (Lipinski definition) is 4. The standard InChI is InChI=1S/C12H20N2OS/c1-9-14-7-10(16-9)8-15-12-6-4-2-3-5-11(12)13/h7,11-12H,2-6,8,13H2,1H3. The summed E-state index contributed by atoms with van der Waals surface area (Å²) in [6, 6.07) is 0.219. The molecule has 0 aliphatic heterocycles. The Hall–Kier alpha value is -0.450. The second-order valence-electron chi connectivity index (χ2n) is 4.50. The summed E-state index contributed by atoms with van der Waals surface area (Å²) in [6.07, 6.45) is 8.16. The minimum Gasteiger partial charge on any atom is -0.371 e. The summed E-state index contributed by atoms with van der Waals surface area (Å²) in [5, 5.41) is 1.10. The van der Waals surface area contributed by atoms with Gasteiger partial charge in [0.1, 0.15) is 0 Å². The zero-order valence-electron chi connectivity index (χ0n) is 9.82. The first-order valence-corrected chi connectivity index (χ1v) is 6.86. The maximum atomic E-state index is 6.11. The predicted molar refractivity (Wildman–Crippen MR) is 66.5 cm³/mol. The van der Waals surface area contributed by atoms with Gasteiger partial charge < -0.3 is 10.5 Å². The molecule has 0 amide bonds. The summed E-state index contributed by atoms with van der Waals surface area (Å²) < 4.78 is 5.92. The lowest BCUT2D eigenvalue weighted by atomic mass is 10.1. The van der Waals surface area contributed by atoms with Crippen LogP contribution in [0.4, 0.5) is 0 Å². The van der Waals surface area contributed by atoms with Crippen LogP contribution < -0.4 is 5.73 Å². The molecule has 1 fully saturated rings. The highest BCUT2D eigenvalue weighted by Crippen LogP contribution is 2.21. The summed E-state index contributed by atoms with van der Waals surface area (Å²) in [5.41, 5.74) is 6.11. The molecule has 2 rings (SSSR count). The fourth-order valence-corrected chi connectivity index (χ4v) is 2.89. The average molecular weight is 240 g/mol. The maximum absolute atomic E-state index is 6.11. The molecule has 4 heteroatoms. The third-order valence-corrected chi connectivity index (χ3v) is 4.00. The van der Waals surface area contributed by atoms with Gasteiger partial charge in [-0.15, -0.1) is 11.3 Å². The van der Waals surface area contributed by atoms with Crippen molar-refractivity contribution < 1.29 is 4.74 Å². The lowest BCUT2D eigenvalue weighted by Crippen LogP contribution is -2.35. The van der Waals surface area contributed by atoms with E-state index < -0.39 is 0 Å². The number of hydrogen-bond donors (Lipinski definition) is 1. The highest BCUT2D eigenvalue weighted by atomic mass is 32.1.